The molecule has 2 rings (SSSR count). The molecule has 0 aliphatic rings. The number of ether oxygens (including phenoxy) is 2. The highest BCUT2D eigenvalue weighted by Crippen LogP contribution is 2.25. The molecule has 0 aliphatic carbocycles. The summed E-state index contributed by atoms with van der Waals surface area (Å²) in [5, 5.41) is 2.63. The van der Waals surface area contributed by atoms with Crippen molar-refractivity contribution in [3.63, 3.8) is 0 Å². The van der Waals surface area contributed by atoms with E-state index in [2.05, 4.69) is 5.32 Å². The normalized spacial score (nSPS) is 10.0. The molecule has 0 aromatic heterocycles. The summed E-state index contributed by atoms with van der Waals surface area (Å²) in [5.41, 5.74) is 0.864. The monoisotopic (exact) mass is 313 g/mol. The molecule has 0 aliphatic heterocycles. The van der Waals surface area contributed by atoms with Gasteiger partial charge in [0.25, 0.3) is 0 Å². The molecule has 1 N–H and O–H groups in total. The Morgan fingerprint density at radius 3 is 2.39 bits per heavy atom. The lowest BCUT2D eigenvalue weighted by Crippen LogP contribution is -2.12. The van der Waals surface area contributed by atoms with Gasteiger partial charge in [0.15, 0.2) is 5.75 Å². The number of benzene rings is 2. The molecule has 23 heavy (non-hydrogen) atoms. The summed E-state index contributed by atoms with van der Waals surface area (Å²) < 4.78 is 10.8. The fourth-order valence-corrected chi connectivity index (χ4v) is 1.91. The minimum Gasteiger partial charge on any atom is -0.494 e. The van der Waals surface area contributed by atoms with E-state index < -0.39 is 5.97 Å². The topological polar surface area (TPSA) is 64.6 Å². The van der Waals surface area contributed by atoms with E-state index in [-0.39, 0.29) is 5.91 Å². The molecule has 5 nitrogen and oxygen atoms in total. The summed E-state index contributed by atoms with van der Waals surface area (Å²) >= 11 is 0. The number of hydrogen-bond donors (Lipinski definition) is 1. The molecule has 120 valence electrons. The van der Waals surface area contributed by atoms with E-state index in [1.807, 2.05) is 6.92 Å². The molecule has 1 amide bonds. The number of esters is 1. The van der Waals surface area contributed by atoms with Crippen LogP contribution in [0.25, 0.3) is 0 Å². The molecule has 0 fully saturated rings. The molecule has 0 unspecified atom stereocenters. The number of para-hydroxylation sites is 2. The van der Waals surface area contributed by atoms with Gasteiger partial charge in [-0.1, -0.05) is 19.1 Å². The maximum absolute atomic E-state index is 12.2. The molecule has 0 saturated heterocycles. The van der Waals surface area contributed by atoms with E-state index in [9.17, 15) is 9.59 Å². The fourth-order valence-electron chi connectivity index (χ4n) is 1.91. The van der Waals surface area contributed by atoms with E-state index in [0.29, 0.717) is 29.4 Å². The second kappa shape index (κ2) is 7.98. The zero-order chi connectivity index (χ0) is 16.7. The van der Waals surface area contributed by atoms with E-state index in [0.717, 1.165) is 6.42 Å². The van der Waals surface area contributed by atoms with Crippen molar-refractivity contribution in [1.29, 1.82) is 0 Å². The van der Waals surface area contributed by atoms with Gasteiger partial charge < -0.3 is 14.8 Å². The average Bonchev–Trinajstić information content (AvgIpc) is 2.54. The number of hydrogen-bond acceptors (Lipinski definition) is 4. The third kappa shape index (κ3) is 4.85. The Morgan fingerprint density at radius 2 is 1.74 bits per heavy atom. The highest BCUT2D eigenvalue weighted by Gasteiger charge is 2.12. The van der Waals surface area contributed by atoms with E-state index in [1.165, 1.54) is 6.92 Å². The maximum Gasteiger partial charge on any atom is 0.343 e. The quantitative estimate of drug-likeness (QED) is 0.653. The summed E-state index contributed by atoms with van der Waals surface area (Å²) in [6.45, 7) is 4.06. The zero-order valence-corrected chi connectivity index (χ0v) is 13.2. The van der Waals surface area contributed by atoms with Crippen LogP contribution in [0.1, 0.15) is 30.6 Å². The number of nitrogens with one attached hydrogen (secondary N) is 1. The van der Waals surface area contributed by atoms with Crippen molar-refractivity contribution in [2.45, 2.75) is 20.3 Å². The van der Waals surface area contributed by atoms with Crippen molar-refractivity contribution in [1.82, 2.24) is 0 Å². The SMILES string of the molecule is CCCOc1ccc(C(=O)Oc2ccccc2NC(C)=O)cc1. The number of amides is 1. The fraction of sp³-hybridized carbons (Fsp3) is 0.222. The average molecular weight is 313 g/mol. The van der Waals surface area contributed by atoms with E-state index >= 15 is 0 Å². The Labute approximate surface area is 135 Å². The predicted molar refractivity (Wildman–Crippen MR) is 87.9 cm³/mol. The summed E-state index contributed by atoms with van der Waals surface area (Å²) in [5.74, 6) is 0.289. The molecule has 0 bridgehead atoms. The molecule has 0 radical (unpaired) electrons. The van der Waals surface area contributed by atoms with Gasteiger partial charge in [0, 0.05) is 6.92 Å². The summed E-state index contributed by atoms with van der Waals surface area (Å²) in [4.78, 5) is 23.4. The summed E-state index contributed by atoms with van der Waals surface area (Å²) in [7, 11) is 0. The smallest absolute Gasteiger partial charge is 0.343 e. The Bertz CT molecular complexity index is 680. The second-order valence-electron chi connectivity index (χ2n) is 4.94. The van der Waals surface area contributed by atoms with Crippen LogP contribution in [0.3, 0.4) is 0 Å². The molecule has 0 saturated carbocycles. The van der Waals surface area contributed by atoms with Crippen molar-refractivity contribution in [2.75, 3.05) is 11.9 Å². The van der Waals surface area contributed by atoms with Crippen LogP contribution in [0.5, 0.6) is 11.5 Å². The third-order valence-corrected chi connectivity index (χ3v) is 2.96. The molecule has 0 spiro atoms. The first-order valence-corrected chi connectivity index (χ1v) is 7.42. The highest BCUT2D eigenvalue weighted by atomic mass is 16.5. The third-order valence-electron chi connectivity index (χ3n) is 2.96. The minimum atomic E-state index is -0.496. The van der Waals surface area contributed by atoms with Crippen LogP contribution in [0.15, 0.2) is 48.5 Å². The standard InChI is InChI=1S/C18H19NO4/c1-3-12-22-15-10-8-14(9-11-15)18(21)23-17-7-5-4-6-16(17)19-13(2)20/h4-11H,3,12H2,1-2H3,(H,19,20). The van der Waals surface area contributed by atoms with Gasteiger partial charge in [0.1, 0.15) is 5.75 Å². The summed E-state index contributed by atoms with van der Waals surface area (Å²) in [6, 6.07) is 13.5. The van der Waals surface area contributed by atoms with Gasteiger partial charge >= 0.3 is 5.97 Å². The van der Waals surface area contributed by atoms with Gasteiger partial charge in [-0.2, -0.15) is 0 Å². The maximum atomic E-state index is 12.2. The predicted octanol–water partition coefficient (Wildman–Crippen LogP) is 3.65. The van der Waals surface area contributed by atoms with Crippen LogP contribution in [0.2, 0.25) is 0 Å². The largest absolute Gasteiger partial charge is 0.494 e. The van der Waals surface area contributed by atoms with Gasteiger partial charge in [-0.15, -0.1) is 0 Å². The Morgan fingerprint density at radius 1 is 1.04 bits per heavy atom. The lowest BCUT2D eigenvalue weighted by atomic mass is 10.2. The van der Waals surface area contributed by atoms with Gasteiger partial charge in [-0.05, 0) is 42.8 Å². The summed E-state index contributed by atoms with van der Waals surface area (Å²) in [6.07, 6.45) is 0.920. The molecular weight excluding hydrogens is 294 g/mol. The van der Waals surface area contributed by atoms with Crippen LogP contribution in [-0.2, 0) is 4.79 Å². The molecule has 5 heteroatoms. The van der Waals surface area contributed by atoms with Crippen molar-refractivity contribution < 1.29 is 19.1 Å². The lowest BCUT2D eigenvalue weighted by molar-refractivity contribution is -0.114. The Kier molecular flexibility index (Phi) is 5.74. The highest BCUT2D eigenvalue weighted by molar-refractivity contribution is 5.94. The second-order valence-corrected chi connectivity index (χ2v) is 4.94. The molecular formula is C18H19NO4. The van der Waals surface area contributed by atoms with Crippen LogP contribution >= 0.6 is 0 Å². The van der Waals surface area contributed by atoms with Crippen LogP contribution in [-0.4, -0.2) is 18.5 Å². The number of carbonyl (C=O) groups excluding carboxylic acids is 2. The van der Waals surface area contributed by atoms with Crippen molar-refractivity contribution in [3.8, 4) is 11.5 Å². The Balaban J connectivity index is 2.08. The number of rotatable bonds is 6. The lowest BCUT2D eigenvalue weighted by Gasteiger charge is -2.10. The van der Waals surface area contributed by atoms with Crippen LogP contribution in [0, 0.1) is 0 Å². The molecule has 2 aromatic rings. The molecule has 0 heterocycles. The molecule has 0 atom stereocenters. The van der Waals surface area contributed by atoms with Gasteiger partial charge in [-0.25, -0.2) is 4.79 Å². The minimum absolute atomic E-state index is 0.231. The van der Waals surface area contributed by atoms with Crippen molar-refractivity contribution >= 4 is 17.6 Å². The van der Waals surface area contributed by atoms with Crippen LogP contribution in [0.4, 0.5) is 5.69 Å². The zero-order valence-electron chi connectivity index (χ0n) is 13.2. The van der Waals surface area contributed by atoms with Gasteiger partial charge in [0.05, 0.1) is 17.9 Å². The van der Waals surface area contributed by atoms with E-state index in [4.69, 9.17) is 9.47 Å². The van der Waals surface area contributed by atoms with Gasteiger partial charge in [0.2, 0.25) is 5.91 Å². The van der Waals surface area contributed by atoms with E-state index in [1.54, 1.807) is 48.5 Å². The number of anilines is 1. The van der Waals surface area contributed by atoms with Gasteiger partial charge in [-0.3, -0.25) is 4.79 Å². The first-order chi connectivity index (χ1) is 11.1. The Hall–Kier alpha value is -2.82. The van der Waals surface area contributed by atoms with Crippen LogP contribution < -0.4 is 14.8 Å². The van der Waals surface area contributed by atoms with Crippen molar-refractivity contribution in [3.05, 3.63) is 54.1 Å². The first-order valence-electron chi connectivity index (χ1n) is 7.42. The van der Waals surface area contributed by atoms with Crippen molar-refractivity contribution in [2.24, 2.45) is 0 Å². The molecule has 2 aromatic carbocycles. The first kappa shape index (κ1) is 16.5. The number of carbonyl (C=O) groups is 2.